The normalized spacial score (nSPS) is 11.1. The molecule has 4 rings (SSSR count). The Morgan fingerprint density at radius 3 is 2.32 bits per heavy atom. The lowest BCUT2D eigenvalue weighted by Gasteiger charge is -2.18. The van der Waals surface area contributed by atoms with Crippen LogP contribution in [0.1, 0.15) is 16.2 Å². The lowest BCUT2D eigenvalue weighted by atomic mass is 9.67. The summed E-state index contributed by atoms with van der Waals surface area (Å²) in [5.74, 6) is 0.478. The number of fused-ring (bicyclic) bond motifs is 1. The van der Waals surface area contributed by atoms with Crippen molar-refractivity contribution in [2.24, 2.45) is 7.05 Å². The zero-order valence-corrected chi connectivity index (χ0v) is 17.5. The molecule has 0 spiro atoms. The van der Waals surface area contributed by atoms with Crippen molar-refractivity contribution < 1.29 is 4.79 Å². The smallest absolute Gasteiger partial charge is 0.255 e. The molecule has 0 aliphatic carbocycles. The Labute approximate surface area is 189 Å². The van der Waals surface area contributed by atoms with Crippen LogP contribution in [0.2, 0.25) is 5.02 Å². The fourth-order valence-corrected chi connectivity index (χ4v) is 3.46. The van der Waals surface area contributed by atoms with Crippen molar-refractivity contribution in [3.63, 3.8) is 0 Å². The van der Waals surface area contributed by atoms with E-state index in [9.17, 15) is 4.79 Å². The average Bonchev–Trinajstić information content (AvgIpc) is 3.09. The van der Waals surface area contributed by atoms with Crippen LogP contribution in [-0.4, -0.2) is 57.0 Å². The maximum atomic E-state index is 12.8. The predicted octanol–water partition coefficient (Wildman–Crippen LogP) is -0.580. The van der Waals surface area contributed by atoms with Gasteiger partial charge in [0, 0.05) is 28.6 Å². The van der Waals surface area contributed by atoms with Crippen LogP contribution in [0.3, 0.4) is 0 Å². The number of nitrogens with zero attached hydrogens (tertiary/aromatic N) is 4. The highest BCUT2D eigenvalue weighted by Crippen LogP contribution is 2.24. The molecule has 0 aliphatic rings. The van der Waals surface area contributed by atoms with Gasteiger partial charge >= 0.3 is 0 Å². The number of imidazole rings is 1. The number of nitrogens with one attached hydrogen (secondary N) is 1. The van der Waals surface area contributed by atoms with Gasteiger partial charge in [0.1, 0.15) is 37.2 Å². The molecule has 2 aromatic carbocycles. The first-order chi connectivity index (χ1) is 14.7. The molecule has 0 unspecified atom stereocenters. The summed E-state index contributed by atoms with van der Waals surface area (Å²) >= 11 is 6.00. The van der Waals surface area contributed by atoms with Gasteiger partial charge in [-0.05, 0) is 25.1 Å². The molecule has 0 atom stereocenters. The molecule has 2 heterocycles. The number of amides is 1. The van der Waals surface area contributed by atoms with Crippen LogP contribution in [0.25, 0.3) is 22.2 Å². The third-order valence-corrected chi connectivity index (χ3v) is 5.57. The number of benzene rings is 2. The first-order valence-corrected chi connectivity index (χ1v) is 9.55. The first-order valence-electron chi connectivity index (χ1n) is 9.18. The molecule has 8 radical (unpaired) electrons. The van der Waals surface area contributed by atoms with Crippen LogP contribution in [0.5, 0.6) is 0 Å². The van der Waals surface area contributed by atoms with E-state index in [1.165, 1.54) is 0 Å². The molecular formula is C20H12B4ClN5O. The highest BCUT2D eigenvalue weighted by molar-refractivity contribution is 6.65. The van der Waals surface area contributed by atoms with Gasteiger partial charge in [-0.1, -0.05) is 39.5 Å². The van der Waals surface area contributed by atoms with Crippen LogP contribution >= 0.6 is 11.6 Å². The Balaban J connectivity index is 1.71. The molecular weight excluding hydrogens is 405 g/mol. The van der Waals surface area contributed by atoms with Crippen molar-refractivity contribution >= 4 is 87.5 Å². The zero-order chi connectivity index (χ0) is 22.4. The number of hydrogen-bond donors (Lipinski definition) is 1. The number of aryl methyl sites for hydroxylation is 1. The molecule has 142 valence electrons. The number of rotatable bonds is 3. The fourth-order valence-electron chi connectivity index (χ4n) is 3.26. The number of aromatic nitrogens is 4. The van der Waals surface area contributed by atoms with Crippen LogP contribution in [0, 0.1) is 6.92 Å². The van der Waals surface area contributed by atoms with Gasteiger partial charge in [0.05, 0.1) is 17.4 Å². The number of carbonyl (C=O) groups is 1. The van der Waals surface area contributed by atoms with E-state index in [1.54, 1.807) is 12.3 Å². The minimum Gasteiger partial charge on any atom is -0.331 e. The van der Waals surface area contributed by atoms with E-state index in [0.717, 1.165) is 22.5 Å². The minimum absolute atomic E-state index is 0.00924. The van der Waals surface area contributed by atoms with Crippen LogP contribution in [0.15, 0.2) is 30.5 Å². The Bertz CT molecular complexity index is 1340. The van der Waals surface area contributed by atoms with E-state index >= 15 is 0 Å². The van der Waals surface area contributed by atoms with Crippen molar-refractivity contribution in [2.75, 3.05) is 5.32 Å². The summed E-state index contributed by atoms with van der Waals surface area (Å²) in [5, 5.41) is 11.6. The molecule has 2 aromatic heterocycles. The topological polar surface area (TPSA) is 72.7 Å². The predicted molar refractivity (Wildman–Crippen MR) is 127 cm³/mol. The van der Waals surface area contributed by atoms with Gasteiger partial charge in [-0.25, -0.2) is 4.98 Å². The second-order valence-corrected chi connectivity index (χ2v) is 7.43. The van der Waals surface area contributed by atoms with Gasteiger partial charge in [-0.3, -0.25) is 4.79 Å². The van der Waals surface area contributed by atoms with Crippen molar-refractivity contribution in [3.05, 3.63) is 46.9 Å². The average molecular weight is 417 g/mol. The van der Waals surface area contributed by atoms with E-state index < -0.39 is 5.91 Å². The highest BCUT2D eigenvalue weighted by atomic mass is 35.5. The molecule has 11 heteroatoms. The summed E-state index contributed by atoms with van der Waals surface area (Å²) < 4.78 is 1.99. The number of halogens is 1. The molecule has 0 bridgehead atoms. The van der Waals surface area contributed by atoms with Crippen LogP contribution < -0.4 is 27.2 Å². The van der Waals surface area contributed by atoms with E-state index in [0.29, 0.717) is 5.52 Å². The maximum Gasteiger partial charge on any atom is 0.255 e. The molecule has 1 N–H and O–H groups in total. The van der Waals surface area contributed by atoms with Gasteiger partial charge in [0.25, 0.3) is 5.91 Å². The lowest BCUT2D eigenvalue weighted by Crippen LogP contribution is -2.47. The Kier molecular flexibility index (Phi) is 5.43. The fraction of sp³-hybridized carbons (Fsp3) is 0.100. The summed E-state index contributed by atoms with van der Waals surface area (Å²) in [7, 11) is 25.5. The van der Waals surface area contributed by atoms with Crippen molar-refractivity contribution in [3.8, 4) is 11.3 Å². The first kappa shape index (κ1) is 21.2. The molecule has 0 fully saturated rings. The third-order valence-electron chi connectivity index (χ3n) is 5.16. The summed E-state index contributed by atoms with van der Waals surface area (Å²) in [5.41, 5.74) is 2.36. The number of hydrogen-bond acceptors (Lipinski definition) is 4. The highest BCUT2D eigenvalue weighted by Gasteiger charge is 2.18. The monoisotopic (exact) mass is 417 g/mol. The van der Waals surface area contributed by atoms with Gasteiger partial charge in [0.2, 0.25) is 0 Å². The van der Waals surface area contributed by atoms with Crippen LogP contribution in [0.4, 0.5) is 5.82 Å². The van der Waals surface area contributed by atoms with Gasteiger partial charge in [-0.2, -0.15) is 0 Å². The quantitative estimate of drug-likeness (QED) is 0.453. The Hall–Kier alpha value is -2.99. The Morgan fingerprint density at radius 2 is 1.71 bits per heavy atom. The largest absolute Gasteiger partial charge is 0.331 e. The zero-order valence-electron chi connectivity index (χ0n) is 16.8. The summed E-state index contributed by atoms with van der Waals surface area (Å²) in [6, 6.07) is 7.42. The van der Waals surface area contributed by atoms with Gasteiger partial charge < -0.3 is 9.88 Å². The molecule has 6 nitrogen and oxygen atoms in total. The van der Waals surface area contributed by atoms with E-state index in [2.05, 4.69) is 20.5 Å². The minimum atomic E-state index is -0.628. The Morgan fingerprint density at radius 1 is 1.03 bits per heavy atom. The third kappa shape index (κ3) is 3.65. The van der Waals surface area contributed by atoms with E-state index in [-0.39, 0.29) is 38.3 Å². The van der Waals surface area contributed by atoms with Crippen molar-refractivity contribution in [1.82, 2.24) is 19.7 Å². The van der Waals surface area contributed by atoms with E-state index in [1.807, 2.05) is 36.7 Å². The van der Waals surface area contributed by atoms with E-state index in [4.69, 9.17) is 43.0 Å². The summed E-state index contributed by atoms with van der Waals surface area (Å²) in [6.45, 7) is 1.93. The van der Waals surface area contributed by atoms with Gasteiger partial charge in [-0.15, -0.1) is 10.2 Å². The molecule has 4 aromatic rings. The van der Waals surface area contributed by atoms with Gasteiger partial charge in [0.15, 0.2) is 5.82 Å². The standard InChI is InChI=1S/C20H12B4ClN5O/c1-8-26-7-12(30(8)2)9-3-4-11-10(5-9)6-13(29-28-11)27-20(31)14-15(21)17(23)19(25)18(24)16(14)22/h3-7H,1-2H3,(H,27,29,31). The second-order valence-electron chi connectivity index (χ2n) is 7.05. The lowest BCUT2D eigenvalue weighted by molar-refractivity contribution is 0.102. The molecule has 1 amide bonds. The molecule has 31 heavy (non-hydrogen) atoms. The molecule has 0 saturated heterocycles. The molecule has 0 saturated carbocycles. The number of carbonyl (C=O) groups excluding carboxylic acids is 1. The second kappa shape index (κ2) is 7.93. The molecule has 0 aliphatic heterocycles. The SMILES string of the molecule is [B]c1c([B])c(C(=O)Nc2cc3cc(-c4cnc(C)n4C)ccc3nn2)c([B])c([B])c1Cl. The van der Waals surface area contributed by atoms with Crippen LogP contribution in [-0.2, 0) is 7.05 Å². The summed E-state index contributed by atoms with van der Waals surface area (Å²) in [6.07, 6.45) is 1.80. The summed E-state index contributed by atoms with van der Waals surface area (Å²) in [4.78, 5) is 17.2. The maximum absolute atomic E-state index is 12.8. The van der Waals surface area contributed by atoms with Crippen molar-refractivity contribution in [1.29, 1.82) is 0 Å². The number of anilines is 1. The van der Waals surface area contributed by atoms with Crippen molar-refractivity contribution in [2.45, 2.75) is 6.92 Å².